The Morgan fingerprint density at radius 2 is 1.75 bits per heavy atom. The Labute approximate surface area is 159 Å². The zero-order valence-electron chi connectivity index (χ0n) is 14.8. The Morgan fingerprint density at radius 1 is 1.00 bits per heavy atom. The minimum atomic E-state index is -0.484. The summed E-state index contributed by atoms with van der Waals surface area (Å²) in [6.45, 7) is 0. The molecule has 0 atom stereocenters. The molecule has 2 N–H and O–H groups in total. The predicted octanol–water partition coefficient (Wildman–Crippen LogP) is 4.03. The number of phenolic OH excluding ortho intramolecular Hbond substituents is 2. The molecule has 0 bridgehead atoms. The third-order valence-corrected chi connectivity index (χ3v) is 4.39. The number of methoxy groups -OCH3 is 1. The molecule has 7 heteroatoms. The maximum Gasteiger partial charge on any atom is 0.337 e. The van der Waals surface area contributed by atoms with E-state index in [1.54, 1.807) is 41.0 Å². The third-order valence-electron chi connectivity index (χ3n) is 4.39. The Kier molecular flexibility index (Phi) is 4.19. The summed E-state index contributed by atoms with van der Waals surface area (Å²) in [4.78, 5) is 16.4. The van der Waals surface area contributed by atoms with Gasteiger partial charge in [-0.05, 0) is 60.7 Å². The van der Waals surface area contributed by atoms with E-state index in [4.69, 9.17) is 4.74 Å². The molecule has 4 rings (SSSR count). The highest BCUT2D eigenvalue weighted by atomic mass is 19.1. The van der Waals surface area contributed by atoms with Gasteiger partial charge in [0.2, 0.25) is 0 Å². The lowest BCUT2D eigenvalue weighted by Gasteiger charge is -2.10. The summed E-state index contributed by atoms with van der Waals surface area (Å²) in [5, 5.41) is 19.5. The quantitative estimate of drug-likeness (QED) is 0.415. The molecule has 6 nitrogen and oxygen atoms in total. The lowest BCUT2D eigenvalue weighted by Crippen LogP contribution is -2.01. The molecular formula is C21H15FN2O4. The second-order valence-corrected chi connectivity index (χ2v) is 6.15. The molecule has 28 heavy (non-hydrogen) atoms. The first-order valence-electron chi connectivity index (χ1n) is 8.37. The standard InChI is InChI=1S/C21H15FN2O4/c1-28-21(27)13-2-8-17-16(10-13)23-20(12-3-9-18(25)19(26)11-12)24(17)15-6-4-14(22)5-7-15/h2-11,25-26H,1H3. The van der Waals surface area contributed by atoms with Crippen LogP contribution in [0.25, 0.3) is 28.1 Å². The van der Waals surface area contributed by atoms with Gasteiger partial charge in [-0.3, -0.25) is 4.57 Å². The van der Waals surface area contributed by atoms with E-state index in [1.807, 2.05) is 0 Å². The number of phenols is 2. The predicted molar refractivity (Wildman–Crippen MR) is 101 cm³/mol. The van der Waals surface area contributed by atoms with Crippen molar-refractivity contribution in [2.45, 2.75) is 0 Å². The lowest BCUT2D eigenvalue weighted by atomic mass is 10.1. The van der Waals surface area contributed by atoms with Gasteiger partial charge in [0.25, 0.3) is 0 Å². The minimum absolute atomic E-state index is 0.249. The molecule has 0 aliphatic heterocycles. The van der Waals surface area contributed by atoms with Gasteiger partial charge in [-0.25, -0.2) is 14.2 Å². The molecule has 0 aliphatic carbocycles. The van der Waals surface area contributed by atoms with E-state index in [0.29, 0.717) is 33.7 Å². The number of aromatic hydroxyl groups is 2. The zero-order valence-corrected chi connectivity index (χ0v) is 14.8. The number of rotatable bonds is 3. The maximum absolute atomic E-state index is 13.4. The smallest absolute Gasteiger partial charge is 0.337 e. The number of benzene rings is 3. The van der Waals surface area contributed by atoms with Crippen LogP contribution in [-0.2, 0) is 4.74 Å². The van der Waals surface area contributed by atoms with Crippen LogP contribution >= 0.6 is 0 Å². The molecule has 0 spiro atoms. The number of imidazole rings is 1. The van der Waals surface area contributed by atoms with Crippen LogP contribution in [0.1, 0.15) is 10.4 Å². The van der Waals surface area contributed by atoms with Crippen molar-refractivity contribution in [1.82, 2.24) is 9.55 Å². The largest absolute Gasteiger partial charge is 0.504 e. The summed E-state index contributed by atoms with van der Waals surface area (Å²) in [6, 6.07) is 15.2. The van der Waals surface area contributed by atoms with Crippen molar-refractivity contribution < 1.29 is 24.1 Å². The number of fused-ring (bicyclic) bond motifs is 1. The van der Waals surface area contributed by atoms with E-state index >= 15 is 0 Å². The van der Waals surface area contributed by atoms with Crippen molar-refractivity contribution in [3.05, 3.63) is 72.0 Å². The maximum atomic E-state index is 13.4. The van der Waals surface area contributed by atoms with Gasteiger partial charge in [0, 0.05) is 11.3 Å². The van der Waals surface area contributed by atoms with Crippen LogP contribution in [0.15, 0.2) is 60.7 Å². The summed E-state index contributed by atoms with van der Waals surface area (Å²) in [5.74, 6) is -0.933. The minimum Gasteiger partial charge on any atom is -0.504 e. The molecule has 4 aromatic rings. The average molecular weight is 378 g/mol. The van der Waals surface area contributed by atoms with Crippen molar-refractivity contribution in [2.24, 2.45) is 0 Å². The van der Waals surface area contributed by atoms with Crippen LogP contribution in [0.5, 0.6) is 11.5 Å². The Hall–Kier alpha value is -3.87. The molecular weight excluding hydrogens is 363 g/mol. The van der Waals surface area contributed by atoms with Gasteiger partial charge in [0.1, 0.15) is 11.6 Å². The van der Waals surface area contributed by atoms with Gasteiger partial charge < -0.3 is 14.9 Å². The fraction of sp³-hybridized carbons (Fsp3) is 0.0476. The van der Waals surface area contributed by atoms with E-state index in [1.165, 1.54) is 31.4 Å². The van der Waals surface area contributed by atoms with Crippen molar-refractivity contribution >= 4 is 17.0 Å². The van der Waals surface area contributed by atoms with Crippen LogP contribution in [0.3, 0.4) is 0 Å². The lowest BCUT2D eigenvalue weighted by molar-refractivity contribution is 0.0601. The second kappa shape index (κ2) is 6.70. The van der Waals surface area contributed by atoms with Crippen LogP contribution in [0.4, 0.5) is 4.39 Å². The van der Waals surface area contributed by atoms with E-state index < -0.39 is 5.97 Å². The van der Waals surface area contributed by atoms with Crippen LogP contribution < -0.4 is 0 Å². The molecule has 0 fully saturated rings. The number of nitrogens with zero attached hydrogens (tertiary/aromatic N) is 2. The highest BCUT2D eigenvalue weighted by Crippen LogP contribution is 2.34. The van der Waals surface area contributed by atoms with Gasteiger partial charge in [-0.15, -0.1) is 0 Å². The van der Waals surface area contributed by atoms with Gasteiger partial charge in [-0.1, -0.05) is 0 Å². The van der Waals surface area contributed by atoms with Crippen LogP contribution in [0, 0.1) is 5.82 Å². The molecule has 1 heterocycles. The number of aromatic nitrogens is 2. The number of hydrogen-bond acceptors (Lipinski definition) is 5. The van der Waals surface area contributed by atoms with Gasteiger partial charge in [0.15, 0.2) is 11.5 Å². The van der Waals surface area contributed by atoms with Crippen molar-refractivity contribution in [3.63, 3.8) is 0 Å². The zero-order chi connectivity index (χ0) is 19.8. The SMILES string of the molecule is COC(=O)c1ccc2c(c1)nc(-c1ccc(O)c(O)c1)n2-c1ccc(F)cc1. The second-order valence-electron chi connectivity index (χ2n) is 6.15. The van der Waals surface area contributed by atoms with E-state index in [0.717, 1.165) is 0 Å². The molecule has 3 aromatic carbocycles. The van der Waals surface area contributed by atoms with E-state index in [-0.39, 0.29) is 17.3 Å². The van der Waals surface area contributed by atoms with Crippen molar-refractivity contribution in [3.8, 4) is 28.6 Å². The molecule has 0 saturated carbocycles. The molecule has 1 aromatic heterocycles. The van der Waals surface area contributed by atoms with Gasteiger partial charge >= 0.3 is 5.97 Å². The fourth-order valence-corrected chi connectivity index (χ4v) is 3.03. The van der Waals surface area contributed by atoms with Gasteiger partial charge in [0.05, 0.1) is 23.7 Å². The molecule has 0 saturated heterocycles. The normalized spacial score (nSPS) is 10.9. The molecule has 0 amide bonds. The first kappa shape index (κ1) is 17.5. The third kappa shape index (κ3) is 2.92. The monoisotopic (exact) mass is 378 g/mol. The van der Waals surface area contributed by atoms with E-state index in [9.17, 15) is 19.4 Å². The molecule has 0 aliphatic rings. The molecule has 140 valence electrons. The summed E-state index contributed by atoms with van der Waals surface area (Å²) in [6.07, 6.45) is 0. The summed E-state index contributed by atoms with van der Waals surface area (Å²) < 4.78 is 19.9. The fourth-order valence-electron chi connectivity index (χ4n) is 3.03. The summed E-state index contributed by atoms with van der Waals surface area (Å²) >= 11 is 0. The van der Waals surface area contributed by atoms with Crippen LogP contribution in [-0.4, -0.2) is 32.8 Å². The first-order valence-corrected chi connectivity index (χ1v) is 8.37. The van der Waals surface area contributed by atoms with Gasteiger partial charge in [-0.2, -0.15) is 0 Å². The summed E-state index contributed by atoms with van der Waals surface area (Å²) in [5.41, 5.74) is 2.74. The number of hydrogen-bond donors (Lipinski definition) is 2. The van der Waals surface area contributed by atoms with Crippen molar-refractivity contribution in [1.29, 1.82) is 0 Å². The number of carbonyl (C=O) groups excluding carboxylic acids is 1. The molecule has 0 radical (unpaired) electrons. The highest BCUT2D eigenvalue weighted by molar-refractivity contribution is 5.95. The highest BCUT2D eigenvalue weighted by Gasteiger charge is 2.17. The first-order chi connectivity index (χ1) is 13.5. The Bertz CT molecular complexity index is 1200. The number of carbonyl (C=O) groups is 1. The number of ether oxygens (including phenoxy) is 1. The average Bonchev–Trinajstić information content (AvgIpc) is 3.08. The Balaban J connectivity index is 2.00. The summed E-state index contributed by atoms with van der Waals surface area (Å²) in [7, 11) is 1.30. The number of esters is 1. The molecule has 0 unspecified atom stereocenters. The van der Waals surface area contributed by atoms with E-state index in [2.05, 4.69) is 4.98 Å². The van der Waals surface area contributed by atoms with Crippen molar-refractivity contribution in [2.75, 3.05) is 7.11 Å². The topological polar surface area (TPSA) is 84.6 Å². The Morgan fingerprint density at radius 3 is 2.43 bits per heavy atom. The number of halogens is 1. The van der Waals surface area contributed by atoms with Crippen LogP contribution in [0.2, 0.25) is 0 Å².